The highest BCUT2D eigenvalue weighted by Gasteiger charge is 1.95. The number of unbranched alkanes of at least 4 members (excludes halogenated alkanes) is 1. The molecule has 0 aliphatic carbocycles. The van der Waals surface area contributed by atoms with Gasteiger partial charge in [-0.2, -0.15) is 0 Å². The van der Waals surface area contributed by atoms with Crippen LogP contribution in [0.4, 0.5) is 5.69 Å². The highest BCUT2D eigenvalue weighted by Crippen LogP contribution is 2.15. The molecule has 2 nitrogen and oxygen atoms in total. The fourth-order valence-electron chi connectivity index (χ4n) is 2.05. The first-order chi connectivity index (χ1) is 10.3. The van der Waals surface area contributed by atoms with Crippen LogP contribution in [0.15, 0.2) is 54.6 Å². The summed E-state index contributed by atoms with van der Waals surface area (Å²) in [5, 5.41) is 0. The first kappa shape index (κ1) is 15.2. The topological polar surface area (TPSA) is 35.2 Å². The first-order valence-electron chi connectivity index (χ1n) is 7.52. The zero-order valence-corrected chi connectivity index (χ0v) is 12.6. The van der Waals surface area contributed by atoms with Gasteiger partial charge < -0.3 is 10.5 Å². The Morgan fingerprint density at radius 3 is 2.52 bits per heavy atom. The van der Waals surface area contributed by atoms with E-state index in [4.69, 9.17) is 10.5 Å². The summed E-state index contributed by atoms with van der Waals surface area (Å²) >= 11 is 0. The van der Waals surface area contributed by atoms with Crippen LogP contribution in [0.5, 0.6) is 5.75 Å². The van der Waals surface area contributed by atoms with Crippen LogP contribution in [-0.2, 0) is 6.42 Å². The lowest BCUT2D eigenvalue weighted by Gasteiger charge is -2.05. The lowest BCUT2D eigenvalue weighted by atomic mass is 10.1. The Labute approximate surface area is 127 Å². The molecular formula is C19H23NO. The van der Waals surface area contributed by atoms with E-state index >= 15 is 0 Å². The van der Waals surface area contributed by atoms with Gasteiger partial charge in [0, 0.05) is 5.69 Å². The number of nitrogen functional groups attached to an aromatic ring is 1. The Bertz CT molecular complexity index is 572. The van der Waals surface area contributed by atoms with Gasteiger partial charge >= 0.3 is 0 Å². The van der Waals surface area contributed by atoms with Crippen molar-refractivity contribution in [1.82, 2.24) is 0 Å². The van der Waals surface area contributed by atoms with Gasteiger partial charge in [0.1, 0.15) is 5.75 Å². The lowest BCUT2D eigenvalue weighted by Crippen LogP contribution is -1.95. The molecule has 0 aliphatic rings. The molecule has 21 heavy (non-hydrogen) atoms. The summed E-state index contributed by atoms with van der Waals surface area (Å²) in [7, 11) is 0. The minimum Gasteiger partial charge on any atom is -0.494 e. The molecule has 0 heterocycles. The molecule has 2 N–H and O–H groups in total. The monoisotopic (exact) mass is 281 g/mol. The molecule has 110 valence electrons. The van der Waals surface area contributed by atoms with E-state index in [0.29, 0.717) is 0 Å². The third kappa shape index (κ3) is 4.99. The number of ether oxygens (including phenoxy) is 1. The van der Waals surface area contributed by atoms with Crippen molar-refractivity contribution in [2.45, 2.75) is 26.2 Å². The maximum Gasteiger partial charge on any atom is 0.119 e. The van der Waals surface area contributed by atoms with Crippen LogP contribution in [0, 0.1) is 0 Å². The van der Waals surface area contributed by atoms with E-state index in [1.807, 2.05) is 30.3 Å². The van der Waals surface area contributed by atoms with Gasteiger partial charge in [0.15, 0.2) is 0 Å². The van der Waals surface area contributed by atoms with E-state index in [0.717, 1.165) is 42.9 Å². The van der Waals surface area contributed by atoms with Crippen molar-refractivity contribution in [2.24, 2.45) is 0 Å². The van der Waals surface area contributed by atoms with Crippen LogP contribution < -0.4 is 10.5 Å². The molecule has 0 aliphatic heterocycles. The van der Waals surface area contributed by atoms with Crippen LogP contribution in [0.1, 0.15) is 30.9 Å². The largest absolute Gasteiger partial charge is 0.494 e. The molecule has 0 bridgehead atoms. The van der Waals surface area contributed by atoms with E-state index in [1.54, 1.807) is 0 Å². The van der Waals surface area contributed by atoms with Crippen molar-refractivity contribution in [3.05, 3.63) is 65.7 Å². The quantitative estimate of drug-likeness (QED) is 0.589. The normalized spacial score (nSPS) is 10.9. The van der Waals surface area contributed by atoms with Crippen molar-refractivity contribution < 1.29 is 4.74 Å². The Hall–Kier alpha value is -2.22. The molecule has 0 unspecified atom stereocenters. The second-order valence-corrected chi connectivity index (χ2v) is 5.08. The fraction of sp³-hybridized carbons (Fsp3) is 0.263. The summed E-state index contributed by atoms with van der Waals surface area (Å²) in [6, 6.07) is 16.2. The van der Waals surface area contributed by atoms with Crippen molar-refractivity contribution >= 4 is 11.8 Å². The number of rotatable bonds is 7. The summed E-state index contributed by atoms with van der Waals surface area (Å²) in [5.74, 6) is 0.938. The third-order valence-electron chi connectivity index (χ3n) is 3.35. The molecule has 2 aromatic carbocycles. The average molecular weight is 281 g/mol. The standard InChI is InChI=1S/C19H23NO/c1-2-3-15-21-18-13-11-16(12-14-18)7-6-9-17-8-4-5-10-19(17)20/h4-8,10-14H,2-3,9,15,20H2,1H3/b7-6+. The minimum absolute atomic E-state index is 0.791. The van der Waals surface area contributed by atoms with Crippen molar-refractivity contribution in [3.63, 3.8) is 0 Å². The highest BCUT2D eigenvalue weighted by molar-refractivity contribution is 5.53. The van der Waals surface area contributed by atoms with Crippen molar-refractivity contribution in [3.8, 4) is 5.75 Å². The SMILES string of the molecule is CCCCOc1ccc(/C=C/Cc2ccccc2N)cc1. The number of allylic oxidation sites excluding steroid dienone is 1. The van der Waals surface area contributed by atoms with Gasteiger partial charge in [-0.25, -0.2) is 0 Å². The van der Waals surface area contributed by atoms with Gasteiger partial charge in [-0.05, 0) is 42.2 Å². The molecule has 0 fully saturated rings. The molecule has 2 rings (SSSR count). The molecular weight excluding hydrogens is 258 g/mol. The molecule has 2 heteroatoms. The summed E-state index contributed by atoms with van der Waals surface area (Å²) in [6.07, 6.45) is 7.35. The molecule has 2 aromatic rings. The first-order valence-corrected chi connectivity index (χ1v) is 7.52. The maximum absolute atomic E-state index is 5.93. The van der Waals surface area contributed by atoms with E-state index in [9.17, 15) is 0 Å². The van der Waals surface area contributed by atoms with Crippen LogP contribution >= 0.6 is 0 Å². The van der Waals surface area contributed by atoms with Crippen molar-refractivity contribution in [1.29, 1.82) is 0 Å². The van der Waals surface area contributed by atoms with Gasteiger partial charge in [-0.3, -0.25) is 0 Å². The van der Waals surface area contributed by atoms with E-state index < -0.39 is 0 Å². The molecule has 0 saturated heterocycles. The predicted octanol–water partition coefficient (Wildman–Crippen LogP) is 4.70. The second-order valence-electron chi connectivity index (χ2n) is 5.08. The smallest absolute Gasteiger partial charge is 0.119 e. The number of anilines is 1. The molecule has 0 amide bonds. The van der Waals surface area contributed by atoms with Crippen LogP contribution in [-0.4, -0.2) is 6.61 Å². The fourth-order valence-corrected chi connectivity index (χ4v) is 2.05. The van der Waals surface area contributed by atoms with Gasteiger partial charge in [0.05, 0.1) is 6.61 Å². The maximum atomic E-state index is 5.93. The molecule has 0 aromatic heterocycles. The van der Waals surface area contributed by atoms with Crippen molar-refractivity contribution in [2.75, 3.05) is 12.3 Å². The predicted molar refractivity (Wildman–Crippen MR) is 90.4 cm³/mol. The summed E-state index contributed by atoms with van der Waals surface area (Å²) < 4.78 is 5.65. The van der Waals surface area contributed by atoms with E-state index in [1.165, 1.54) is 5.56 Å². The van der Waals surface area contributed by atoms with E-state index in [-0.39, 0.29) is 0 Å². The number of benzene rings is 2. The number of para-hydroxylation sites is 1. The number of nitrogens with two attached hydrogens (primary N) is 1. The Morgan fingerprint density at radius 1 is 1.05 bits per heavy atom. The van der Waals surface area contributed by atoms with Gasteiger partial charge in [-0.1, -0.05) is 55.8 Å². The second kappa shape index (κ2) is 8.15. The number of hydrogen-bond acceptors (Lipinski definition) is 2. The zero-order valence-electron chi connectivity index (χ0n) is 12.6. The molecule has 0 radical (unpaired) electrons. The molecule has 0 atom stereocenters. The Balaban J connectivity index is 1.88. The van der Waals surface area contributed by atoms with Crippen LogP contribution in [0.2, 0.25) is 0 Å². The van der Waals surface area contributed by atoms with Gasteiger partial charge in [0.25, 0.3) is 0 Å². The lowest BCUT2D eigenvalue weighted by molar-refractivity contribution is 0.309. The van der Waals surface area contributed by atoms with Crippen LogP contribution in [0.25, 0.3) is 6.08 Å². The Morgan fingerprint density at radius 2 is 1.81 bits per heavy atom. The average Bonchev–Trinajstić information content (AvgIpc) is 2.51. The number of hydrogen-bond donors (Lipinski definition) is 1. The summed E-state index contributed by atoms with van der Waals surface area (Å²) in [6.45, 7) is 2.95. The zero-order chi connectivity index (χ0) is 14.9. The van der Waals surface area contributed by atoms with Crippen LogP contribution in [0.3, 0.4) is 0 Å². The molecule has 0 spiro atoms. The Kier molecular flexibility index (Phi) is 5.89. The third-order valence-corrected chi connectivity index (χ3v) is 3.35. The summed E-state index contributed by atoms with van der Waals surface area (Å²) in [5.41, 5.74) is 9.11. The minimum atomic E-state index is 0.791. The molecule has 0 saturated carbocycles. The highest BCUT2D eigenvalue weighted by atomic mass is 16.5. The van der Waals surface area contributed by atoms with E-state index in [2.05, 4.69) is 37.3 Å². The van der Waals surface area contributed by atoms with Gasteiger partial charge in [0.2, 0.25) is 0 Å². The van der Waals surface area contributed by atoms with Gasteiger partial charge in [-0.15, -0.1) is 0 Å². The summed E-state index contributed by atoms with van der Waals surface area (Å²) in [4.78, 5) is 0.